The SMILES string of the molecule is CC1(C)CC(=O)C2=C(O1)[C@@H](O)[C@@H]1O[C@@H]1C2. The summed E-state index contributed by atoms with van der Waals surface area (Å²) in [7, 11) is 0. The van der Waals surface area contributed by atoms with Crippen LogP contribution < -0.4 is 0 Å². The maximum absolute atomic E-state index is 11.8. The minimum atomic E-state index is -0.748. The average molecular weight is 210 g/mol. The number of rotatable bonds is 0. The van der Waals surface area contributed by atoms with Crippen LogP contribution >= 0.6 is 0 Å². The molecule has 3 rings (SSSR count). The third kappa shape index (κ3) is 1.32. The van der Waals surface area contributed by atoms with Crippen molar-refractivity contribution in [3.8, 4) is 0 Å². The number of aliphatic hydroxyl groups excluding tert-OH is 1. The molecule has 0 saturated carbocycles. The van der Waals surface area contributed by atoms with Gasteiger partial charge in [-0.2, -0.15) is 0 Å². The van der Waals surface area contributed by atoms with Crippen LogP contribution in [0.25, 0.3) is 0 Å². The molecule has 3 aliphatic rings. The van der Waals surface area contributed by atoms with E-state index >= 15 is 0 Å². The fraction of sp³-hybridized carbons (Fsp3) is 0.727. The van der Waals surface area contributed by atoms with Crippen LogP contribution in [-0.4, -0.2) is 34.8 Å². The van der Waals surface area contributed by atoms with E-state index < -0.39 is 11.7 Å². The lowest BCUT2D eigenvalue weighted by atomic mass is 9.85. The van der Waals surface area contributed by atoms with Crippen molar-refractivity contribution >= 4 is 5.78 Å². The Balaban J connectivity index is 2.00. The molecule has 3 atom stereocenters. The highest BCUT2D eigenvalue weighted by atomic mass is 16.6. The normalized spacial score (nSPS) is 41.8. The van der Waals surface area contributed by atoms with Gasteiger partial charge in [-0.15, -0.1) is 0 Å². The van der Waals surface area contributed by atoms with E-state index in [1.165, 1.54) is 0 Å². The lowest BCUT2D eigenvalue weighted by Crippen LogP contribution is -2.41. The van der Waals surface area contributed by atoms with Crippen LogP contribution in [0.2, 0.25) is 0 Å². The number of fused-ring (bicyclic) bond motifs is 1. The van der Waals surface area contributed by atoms with Crippen molar-refractivity contribution in [2.45, 2.75) is 50.6 Å². The van der Waals surface area contributed by atoms with Crippen molar-refractivity contribution in [1.29, 1.82) is 0 Å². The highest BCUT2D eigenvalue weighted by Gasteiger charge is 2.54. The Kier molecular flexibility index (Phi) is 1.64. The summed E-state index contributed by atoms with van der Waals surface area (Å²) in [6, 6.07) is 0. The van der Waals surface area contributed by atoms with Gasteiger partial charge in [-0.1, -0.05) is 0 Å². The number of epoxide rings is 1. The van der Waals surface area contributed by atoms with Crippen molar-refractivity contribution in [2.75, 3.05) is 0 Å². The van der Waals surface area contributed by atoms with Crippen LogP contribution in [0.4, 0.5) is 0 Å². The number of carbonyl (C=O) groups is 1. The molecule has 0 bridgehead atoms. The van der Waals surface area contributed by atoms with Crippen LogP contribution in [0, 0.1) is 0 Å². The summed E-state index contributed by atoms with van der Waals surface area (Å²) in [5.74, 6) is 0.546. The Morgan fingerprint density at radius 2 is 2.20 bits per heavy atom. The van der Waals surface area contributed by atoms with Crippen molar-refractivity contribution in [3.05, 3.63) is 11.3 Å². The van der Waals surface area contributed by atoms with Crippen molar-refractivity contribution in [2.24, 2.45) is 0 Å². The first-order valence-electron chi connectivity index (χ1n) is 5.27. The summed E-state index contributed by atoms with van der Waals surface area (Å²) in [6.45, 7) is 3.72. The fourth-order valence-corrected chi connectivity index (χ4v) is 2.43. The van der Waals surface area contributed by atoms with Gasteiger partial charge in [0, 0.05) is 12.0 Å². The molecule has 2 aliphatic heterocycles. The minimum Gasteiger partial charge on any atom is -0.488 e. The molecular weight excluding hydrogens is 196 g/mol. The Morgan fingerprint density at radius 1 is 1.47 bits per heavy atom. The van der Waals surface area contributed by atoms with E-state index in [4.69, 9.17) is 9.47 Å². The Morgan fingerprint density at radius 3 is 2.93 bits per heavy atom. The first-order valence-corrected chi connectivity index (χ1v) is 5.27. The summed E-state index contributed by atoms with van der Waals surface area (Å²) >= 11 is 0. The molecule has 2 heterocycles. The quantitative estimate of drug-likeness (QED) is 0.593. The summed E-state index contributed by atoms with van der Waals surface area (Å²) in [4.78, 5) is 11.8. The molecule has 0 radical (unpaired) electrons. The number of hydrogen-bond acceptors (Lipinski definition) is 4. The van der Waals surface area contributed by atoms with Gasteiger partial charge in [0.25, 0.3) is 0 Å². The third-order valence-electron chi connectivity index (χ3n) is 3.21. The summed E-state index contributed by atoms with van der Waals surface area (Å²) < 4.78 is 11.0. The minimum absolute atomic E-state index is 0.0347. The van der Waals surface area contributed by atoms with Crippen molar-refractivity contribution in [1.82, 2.24) is 0 Å². The maximum atomic E-state index is 11.8. The summed E-state index contributed by atoms with van der Waals surface area (Å²) in [5, 5.41) is 9.90. The third-order valence-corrected chi connectivity index (χ3v) is 3.21. The molecule has 0 spiro atoms. The fourth-order valence-electron chi connectivity index (χ4n) is 2.43. The molecule has 1 saturated heterocycles. The standard InChI is InChI=1S/C11H14O4/c1-11(2)4-6(12)5-3-7-10(14-7)8(13)9(5)15-11/h7-8,10,13H,3-4H2,1-2H3/t7-,8-,10-/m1/s1. The maximum Gasteiger partial charge on any atom is 0.166 e. The molecule has 0 unspecified atom stereocenters. The number of hydrogen-bond donors (Lipinski definition) is 1. The van der Waals surface area contributed by atoms with Crippen molar-refractivity contribution < 1.29 is 19.4 Å². The Bertz CT molecular complexity index is 369. The van der Waals surface area contributed by atoms with E-state index in [1.807, 2.05) is 13.8 Å². The molecule has 0 aromatic rings. The Labute approximate surface area is 87.9 Å². The van der Waals surface area contributed by atoms with Crippen LogP contribution in [0.3, 0.4) is 0 Å². The molecule has 4 heteroatoms. The first kappa shape index (κ1) is 9.36. The van der Waals surface area contributed by atoms with Gasteiger partial charge in [0.05, 0.1) is 12.5 Å². The van der Waals surface area contributed by atoms with Gasteiger partial charge < -0.3 is 14.6 Å². The van der Waals surface area contributed by atoms with E-state index in [1.54, 1.807) is 0 Å². The van der Waals surface area contributed by atoms with Gasteiger partial charge >= 0.3 is 0 Å². The lowest BCUT2D eigenvalue weighted by molar-refractivity contribution is -0.125. The molecule has 0 aromatic heterocycles. The largest absolute Gasteiger partial charge is 0.488 e. The van der Waals surface area contributed by atoms with E-state index in [-0.39, 0.29) is 18.0 Å². The van der Waals surface area contributed by atoms with Gasteiger partial charge in [-0.05, 0) is 13.8 Å². The van der Waals surface area contributed by atoms with Gasteiger partial charge in [-0.25, -0.2) is 0 Å². The summed E-state index contributed by atoms with van der Waals surface area (Å²) in [5.41, 5.74) is 0.138. The Hall–Kier alpha value is -0.870. The van der Waals surface area contributed by atoms with Gasteiger partial charge in [0.2, 0.25) is 0 Å². The predicted octanol–water partition coefficient (Wildman–Crippen LogP) is 0.540. The smallest absolute Gasteiger partial charge is 0.166 e. The van der Waals surface area contributed by atoms with Gasteiger partial charge in [-0.3, -0.25) is 4.79 Å². The second-order valence-corrected chi connectivity index (χ2v) is 5.09. The van der Waals surface area contributed by atoms with E-state index in [9.17, 15) is 9.90 Å². The summed E-state index contributed by atoms with van der Waals surface area (Å²) in [6.07, 6.45) is 0.127. The van der Waals surface area contributed by atoms with Gasteiger partial charge in [0.1, 0.15) is 23.6 Å². The lowest BCUT2D eigenvalue weighted by Gasteiger charge is -2.36. The molecule has 1 N–H and O–H groups in total. The second-order valence-electron chi connectivity index (χ2n) is 5.09. The van der Waals surface area contributed by atoms with E-state index in [0.717, 1.165) is 0 Å². The number of ether oxygens (including phenoxy) is 2. The molecule has 4 nitrogen and oxygen atoms in total. The number of carbonyl (C=O) groups excluding carboxylic acids is 1. The number of aliphatic hydroxyl groups is 1. The predicted molar refractivity (Wildman–Crippen MR) is 51.1 cm³/mol. The van der Waals surface area contributed by atoms with Gasteiger partial charge in [0.15, 0.2) is 5.78 Å². The van der Waals surface area contributed by atoms with Crippen LogP contribution in [0.1, 0.15) is 26.7 Å². The zero-order chi connectivity index (χ0) is 10.8. The topological polar surface area (TPSA) is 59.1 Å². The number of Topliss-reactive ketones (excluding diaryl/α,β-unsaturated/α-hetero) is 1. The van der Waals surface area contributed by atoms with E-state index in [0.29, 0.717) is 24.2 Å². The molecule has 1 aliphatic carbocycles. The van der Waals surface area contributed by atoms with Crippen molar-refractivity contribution in [3.63, 3.8) is 0 Å². The van der Waals surface area contributed by atoms with E-state index in [2.05, 4.69) is 0 Å². The molecular formula is C11H14O4. The zero-order valence-corrected chi connectivity index (χ0v) is 8.82. The number of ketones is 1. The molecule has 0 aromatic carbocycles. The molecule has 1 fully saturated rings. The highest BCUT2D eigenvalue weighted by molar-refractivity contribution is 5.97. The average Bonchev–Trinajstić information content (AvgIpc) is 2.86. The molecule has 82 valence electrons. The van der Waals surface area contributed by atoms with Crippen LogP contribution in [0.5, 0.6) is 0 Å². The van der Waals surface area contributed by atoms with Crippen LogP contribution in [-0.2, 0) is 14.3 Å². The molecule has 15 heavy (non-hydrogen) atoms. The zero-order valence-electron chi connectivity index (χ0n) is 8.82. The second kappa shape index (κ2) is 2.62. The highest BCUT2D eigenvalue weighted by Crippen LogP contribution is 2.44. The monoisotopic (exact) mass is 210 g/mol. The molecule has 0 amide bonds. The first-order chi connectivity index (χ1) is 6.98. The van der Waals surface area contributed by atoms with Crippen LogP contribution in [0.15, 0.2) is 11.3 Å².